The maximum absolute atomic E-state index is 12.5. The molecule has 0 saturated carbocycles. The van der Waals surface area contributed by atoms with Gasteiger partial charge in [0.2, 0.25) is 0 Å². The number of piperidine rings is 1. The molecule has 6 heteroatoms. The summed E-state index contributed by atoms with van der Waals surface area (Å²) in [6.45, 7) is 1.15. The van der Waals surface area contributed by atoms with Crippen LogP contribution in [0.25, 0.3) is 0 Å². The van der Waals surface area contributed by atoms with E-state index in [2.05, 4.69) is 0 Å². The molecule has 130 valence electrons. The van der Waals surface area contributed by atoms with Crippen LogP contribution >= 0.6 is 0 Å². The molecular formula is C18H23NO5. The molecule has 0 spiro atoms. The van der Waals surface area contributed by atoms with E-state index in [0.717, 1.165) is 18.4 Å². The van der Waals surface area contributed by atoms with Gasteiger partial charge in [0.05, 0.1) is 6.10 Å². The first-order valence-electron chi connectivity index (χ1n) is 8.46. The standard InChI is InChI=1S/C18H23NO5/c20-16(12-4-2-1-3-5-12)13-8-10-19(11-9-13)17(21)14-6-7-15(24-14)18(22)23/h1-5,13-16,20H,6-11H2,(H,22,23)/t14-,15+,16?/m0/s1. The summed E-state index contributed by atoms with van der Waals surface area (Å²) in [5, 5.41) is 19.4. The van der Waals surface area contributed by atoms with E-state index in [1.54, 1.807) is 4.90 Å². The van der Waals surface area contributed by atoms with Gasteiger partial charge in [-0.3, -0.25) is 4.79 Å². The highest BCUT2D eigenvalue weighted by atomic mass is 16.5. The molecule has 2 fully saturated rings. The van der Waals surface area contributed by atoms with Crippen LogP contribution in [-0.2, 0) is 14.3 Å². The van der Waals surface area contributed by atoms with Crippen molar-refractivity contribution in [2.24, 2.45) is 5.92 Å². The quantitative estimate of drug-likeness (QED) is 0.874. The molecule has 1 unspecified atom stereocenters. The van der Waals surface area contributed by atoms with Crippen LogP contribution in [0.2, 0.25) is 0 Å². The molecule has 3 rings (SSSR count). The summed E-state index contributed by atoms with van der Waals surface area (Å²) in [5.41, 5.74) is 0.908. The Kier molecular flexibility index (Phi) is 5.16. The van der Waals surface area contributed by atoms with Gasteiger partial charge in [0.1, 0.15) is 6.10 Å². The monoisotopic (exact) mass is 333 g/mol. The van der Waals surface area contributed by atoms with E-state index in [4.69, 9.17) is 9.84 Å². The Balaban J connectivity index is 1.52. The van der Waals surface area contributed by atoms with Crippen LogP contribution in [0.1, 0.15) is 37.4 Å². The number of rotatable bonds is 4. The summed E-state index contributed by atoms with van der Waals surface area (Å²) in [7, 11) is 0. The Labute approximate surface area is 141 Å². The van der Waals surface area contributed by atoms with Crippen molar-refractivity contribution in [2.75, 3.05) is 13.1 Å². The minimum Gasteiger partial charge on any atom is -0.479 e. The number of aliphatic carboxylic acids is 1. The van der Waals surface area contributed by atoms with Crippen molar-refractivity contribution >= 4 is 11.9 Å². The Bertz CT molecular complexity index is 582. The average molecular weight is 333 g/mol. The van der Waals surface area contributed by atoms with Crippen LogP contribution < -0.4 is 0 Å². The fraction of sp³-hybridized carbons (Fsp3) is 0.556. The van der Waals surface area contributed by atoms with Crippen molar-refractivity contribution in [3.63, 3.8) is 0 Å². The topological polar surface area (TPSA) is 87.1 Å². The van der Waals surface area contributed by atoms with Crippen molar-refractivity contribution in [2.45, 2.75) is 44.0 Å². The minimum absolute atomic E-state index is 0.119. The summed E-state index contributed by atoms with van der Waals surface area (Å²) >= 11 is 0. The molecule has 6 nitrogen and oxygen atoms in total. The lowest BCUT2D eigenvalue weighted by Crippen LogP contribution is -2.44. The molecule has 0 radical (unpaired) electrons. The molecule has 2 saturated heterocycles. The summed E-state index contributed by atoms with van der Waals surface area (Å²) in [6, 6.07) is 9.58. The molecule has 1 aromatic rings. The molecule has 2 heterocycles. The van der Waals surface area contributed by atoms with Crippen molar-refractivity contribution in [1.29, 1.82) is 0 Å². The van der Waals surface area contributed by atoms with Gasteiger partial charge in [-0.2, -0.15) is 0 Å². The zero-order valence-corrected chi connectivity index (χ0v) is 13.5. The van der Waals surface area contributed by atoms with Gasteiger partial charge in [-0.05, 0) is 37.2 Å². The number of hydrogen-bond acceptors (Lipinski definition) is 4. The summed E-state index contributed by atoms with van der Waals surface area (Å²) < 4.78 is 5.34. The van der Waals surface area contributed by atoms with Crippen molar-refractivity contribution in [1.82, 2.24) is 4.90 Å². The van der Waals surface area contributed by atoms with E-state index < -0.39 is 24.3 Å². The van der Waals surface area contributed by atoms with Crippen LogP contribution in [0.4, 0.5) is 0 Å². The number of carbonyl (C=O) groups is 2. The number of nitrogens with zero attached hydrogens (tertiary/aromatic N) is 1. The Morgan fingerprint density at radius 1 is 1.04 bits per heavy atom. The van der Waals surface area contributed by atoms with Crippen molar-refractivity contribution in [3.05, 3.63) is 35.9 Å². The number of ether oxygens (including phenoxy) is 1. The summed E-state index contributed by atoms with van der Waals surface area (Å²) in [4.78, 5) is 25.1. The van der Waals surface area contributed by atoms with Crippen LogP contribution in [0, 0.1) is 5.92 Å². The van der Waals surface area contributed by atoms with Gasteiger partial charge in [-0.1, -0.05) is 30.3 Å². The van der Waals surface area contributed by atoms with Gasteiger partial charge >= 0.3 is 5.97 Å². The zero-order chi connectivity index (χ0) is 17.1. The number of carbonyl (C=O) groups excluding carboxylic acids is 1. The number of benzene rings is 1. The molecular weight excluding hydrogens is 310 g/mol. The number of aliphatic hydroxyl groups excluding tert-OH is 1. The lowest BCUT2D eigenvalue weighted by atomic mass is 9.87. The molecule has 0 aliphatic carbocycles. The summed E-state index contributed by atoms with van der Waals surface area (Å²) in [5.74, 6) is -0.992. The smallest absolute Gasteiger partial charge is 0.332 e. The first-order valence-corrected chi connectivity index (χ1v) is 8.46. The third kappa shape index (κ3) is 3.60. The molecule has 2 aliphatic rings. The van der Waals surface area contributed by atoms with E-state index in [0.29, 0.717) is 25.9 Å². The third-order valence-electron chi connectivity index (χ3n) is 5.01. The van der Waals surface area contributed by atoms with E-state index in [1.165, 1.54) is 0 Å². The fourth-order valence-corrected chi connectivity index (χ4v) is 3.56. The third-order valence-corrected chi connectivity index (χ3v) is 5.01. The lowest BCUT2D eigenvalue weighted by molar-refractivity contribution is -0.155. The lowest BCUT2D eigenvalue weighted by Gasteiger charge is -2.35. The molecule has 2 N–H and O–H groups in total. The molecule has 0 bridgehead atoms. The summed E-state index contributed by atoms with van der Waals surface area (Å²) in [6.07, 6.45) is 0.297. The number of carboxylic acid groups (broad SMARTS) is 1. The number of hydrogen-bond donors (Lipinski definition) is 2. The molecule has 3 atom stereocenters. The number of likely N-dealkylation sites (tertiary alicyclic amines) is 1. The first-order chi connectivity index (χ1) is 11.6. The van der Waals surface area contributed by atoms with E-state index >= 15 is 0 Å². The highest BCUT2D eigenvalue weighted by Gasteiger charge is 2.38. The number of carboxylic acids is 1. The van der Waals surface area contributed by atoms with Crippen LogP contribution in [0.3, 0.4) is 0 Å². The maximum Gasteiger partial charge on any atom is 0.332 e. The molecule has 24 heavy (non-hydrogen) atoms. The van der Waals surface area contributed by atoms with Gasteiger partial charge < -0.3 is 19.8 Å². The first kappa shape index (κ1) is 16.9. The van der Waals surface area contributed by atoms with Crippen LogP contribution in [0.15, 0.2) is 30.3 Å². The predicted molar refractivity (Wildman–Crippen MR) is 86.2 cm³/mol. The van der Waals surface area contributed by atoms with E-state index in [9.17, 15) is 14.7 Å². The second kappa shape index (κ2) is 7.32. The normalized spacial score (nSPS) is 26.3. The van der Waals surface area contributed by atoms with E-state index in [-0.39, 0.29) is 11.8 Å². The number of amides is 1. The SMILES string of the molecule is O=C(O)[C@H]1CC[C@@H](C(=O)N2CCC(C(O)c3ccccc3)CC2)O1. The molecule has 0 aromatic heterocycles. The van der Waals surface area contributed by atoms with Crippen molar-refractivity contribution in [3.8, 4) is 0 Å². The van der Waals surface area contributed by atoms with E-state index in [1.807, 2.05) is 30.3 Å². The second-order valence-electron chi connectivity index (χ2n) is 6.55. The van der Waals surface area contributed by atoms with Gasteiger partial charge in [0.25, 0.3) is 5.91 Å². The zero-order valence-electron chi connectivity index (χ0n) is 13.5. The number of aliphatic hydroxyl groups is 1. The highest BCUT2D eigenvalue weighted by molar-refractivity contribution is 5.82. The highest BCUT2D eigenvalue weighted by Crippen LogP contribution is 2.31. The fourth-order valence-electron chi connectivity index (χ4n) is 3.56. The van der Waals surface area contributed by atoms with Gasteiger partial charge in [0, 0.05) is 13.1 Å². The Morgan fingerprint density at radius 2 is 1.67 bits per heavy atom. The Morgan fingerprint density at radius 3 is 2.25 bits per heavy atom. The molecule has 1 amide bonds. The minimum atomic E-state index is -1.00. The van der Waals surface area contributed by atoms with Gasteiger partial charge in [0.15, 0.2) is 6.10 Å². The Hall–Kier alpha value is -1.92. The predicted octanol–water partition coefficient (Wildman–Crippen LogP) is 1.59. The van der Waals surface area contributed by atoms with Crippen molar-refractivity contribution < 1.29 is 24.5 Å². The average Bonchev–Trinajstić information content (AvgIpc) is 3.12. The van der Waals surface area contributed by atoms with Gasteiger partial charge in [-0.25, -0.2) is 4.79 Å². The van der Waals surface area contributed by atoms with Gasteiger partial charge in [-0.15, -0.1) is 0 Å². The van der Waals surface area contributed by atoms with Crippen LogP contribution in [0.5, 0.6) is 0 Å². The molecule has 1 aromatic carbocycles. The maximum atomic E-state index is 12.5. The van der Waals surface area contributed by atoms with Crippen LogP contribution in [-0.4, -0.2) is 52.3 Å². The largest absolute Gasteiger partial charge is 0.479 e. The second-order valence-corrected chi connectivity index (χ2v) is 6.55. The molecule has 2 aliphatic heterocycles.